The fraction of sp³-hybridized carbons (Fsp3) is 0.536. The number of amides is 1. The summed E-state index contributed by atoms with van der Waals surface area (Å²) in [5, 5.41) is 11.5. The molecule has 2 rings (SSSR count). The lowest BCUT2D eigenvalue weighted by Gasteiger charge is -2.26. The fourth-order valence-electron chi connectivity index (χ4n) is 3.83. The Hall–Kier alpha value is -2.37. The molecule has 0 fully saturated rings. The lowest BCUT2D eigenvalue weighted by molar-refractivity contribution is -0.0757. The van der Waals surface area contributed by atoms with Crippen molar-refractivity contribution in [1.29, 1.82) is 0 Å². The molecule has 0 saturated heterocycles. The molecular formula is C28H41NO4. The number of carbonyl (C=O) groups is 1. The SMILES string of the molecule is CCC(CCc1ccc(OCC(O)C(C)(C)C)c(C)c1)c1ccc(C(=O)N(C)OC)c(C)c1. The number of aliphatic hydroxyl groups excluding tert-OH is 1. The van der Waals surface area contributed by atoms with Gasteiger partial charge < -0.3 is 9.84 Å². The largest absolute Gasteiger partial charge is 0.491 e. The summed E-state index contributed by atoms with van der Waals surface area (Å²) < 4.78 is 5.87. The predicted molar refractivity (Wildman–Crippen MR) is 134 cm³/mol. The Kier molecular flexibility index (Phi) is 9.50. The summed E-state index contributed by atoms with van der Waals surface area (Å²) in [5.74, 6) is 1.11. The predicted octanol–water partition coefficient (Wildman–Crippen LogP) is 5.85. The molecule has 2 unspecified atom stereocenters. The molecule has 0 spiro atoms. The van der Waals surface area contributed by atoms with E-state index in [2.05, 4.69) is 38.1 Å². The van der Waals surface area contributed by atoms with Gasteiger partial charge in [0, 0.05) is 12.6 Å². The van der Waals surface area contributed by atoms with Crippen molar-refractivity contribution in [2.24, 2.45) is 5.41 Å². The summed E-state index contributed by atoms with van der Waals surface area (Å²) in [6, 6.07) is 12.4. The quantitative estimate of drug-likeness (QED) is 0.457. The maximum Gasteiger partial charge on any atom is 0.277 e. The number of hydrogen-bond donors (Lipinski definition) is 1. The molecule has 0 aliphatic rings. The van der Waals surface area contributed by atoms with Crippen LogP contribution in [0.25, 0.3) is 0 Å². The summed E-state index contributed by atoms with van der Waals surface area (Å²) in [4.78, 5) is 17.5. The topological polar surface area (TPSA) is 59.0 Å². The highest BCUT2D eigenvalue weighted by Gasteiger charge is 2.23. The van der Waals surface area contributed by atoms with Crippen LogP contribution in [0.15, 0.2) is 36.4 Å². The molecule has 2 atom stereocenters. The number of rotatable bonds is 10. The Morgan fingerprint density at radius 3 is 2.33 bits per heavy atom. The van der Waals surface area contributed by atoms with Crippen molar-refractivity contribution in [3.63, 3.8) is 0 Å². The molecule has 0 aliphatic heterocycles. The van der Waals surface area contributed by atoms with Gasteiger partial charge in [0.2, 0.25) is 0 Å². The van der Waals surface area contributed by atoms with E-state index in [9.17, 15) is 9.90 Å². The van der Waals surface area contributed by atoms with Crippen LogP contribution in [0.3, 0.4) is 0 Å². The molecule has 0 saturated carbocycles. The zero-order chi connectivity index (χ0) is 24.8. The molecule has 5 nitrogen and oxygen atoms in total. The molecule has 33 heavy (non-hydrogen) atoms. The first-order chi connectivity index (χ1) is 15.5. The van der Waals surface area contributed by atoms with Crippen LogP contribution in [0.4, 0.5) is 0 Å². The molecule has 0 radical (unpaired) electrons. The number of hydroxylamine groups is 2. The van der Waals surface area contributed by atoms with Crippen LogP contribution in [0.2, 0.25) is 0 Å². The van der Waals surface area contributed by atoms with E-state index in [0.29, 0.717) is 18.1 Å². The van der Waals surface area contributed by atoms with E-state index in [0.717, 1.165) is 36.1 Å². The molecule has 2 aromatic carbocycles. The van der Waals surface area contributed by atoms with E-state index in [1.54, 1.807) is 7.05 Å². The van der Waals surface area contributed by atoms with Gasteiger partial charge in [0.05, 0.1) is 13.2 Å². The second-order valence-electron chi connectivity index (χ2n) is 10.00. The summed E-state index contributed by atoms with van der Waals surface area (Å²) in [5.41, 5.74) is 5.06. The second-order valence-corrected chi connectivity index (χ2v) is 10.00. The molecule has 1 amide bonds. The lowest BCUT2D eigenvalue weighted by Crippen LogP contribution is -2.32. The average molecular weight is 456 g/mol. The van der Waals surface area contributed by atoms with E-state index in [1.165, 1.54) is 23.3 Å². The first-order valence-corrected chi connectivity index (χ1v) is 11.8. The van der Waals surface area contributed by atoms with Crippen molar-refractivity contribution in [3.8, 4) is 5.75 Å². The van der Waals surface area contributed by atoms with Crippen LogP contribution in [-0.2, 0) is 11.3 Å². The van der Waals surface area contributed by atoms with Crippen molar-refractivity contribution in [3.05, 3.63) is 64.2 Å². The van der Waals surface area contributed by atoms with Crippen molar-refractivity contribution < 1.29 is 19.5 Å². The molecule has 0 bridgehead atoms. The van der Waals surface area contributed by atoms with Crippen LogP contribution in [0.5, 0.6) is 5.75 Å². The summed E-state index contributed by atoms with van der Waals surface area (Å²) >= 11 is 0. The van der Waals surface area contributed by atoms with E-state index in [1.807, 2.05) is 39.8 Å². The van der Waals surface area contributed by atoms with Crippen molar-refractivity contribution in [2.75, 3.05) is 20.8 Å². The third kappa shape index (κ3) is 7.31. The standard InChI is InChI=1S/C28H41NO4/c1-9-22(23-13-14-24(19(2)17-23)27(31)29(7)32-8)12-10-21-11-15-25(20(3)16-21)33-18-26(30)28(4,5)6/h11,13-17,22,26,30H,9-10,12,18H2,1-8H3. The average Bonchev–Trinajstić information content (AvgIpc) is 2.77. The zero-order valence-corrected chi connectivity index (χ0v) is 21.6. The number of aryl methyl sites for hydroxylation is 3. The van der Waals surface area contributed by atoms with Crippen LogP contribution < -0.4 is 4.74 Å². The Morgan fingerprint density at radius 1 is 1.09 bits per heavy atom. The Labute approximate surface area is 199 Å². The van der Waals surface area contributed by atoms with Crippen LogP contribution in [-0.4, -0.2) is 42.9 Å². The fourth-order valence-corrected chi connectivity index (χ4v) is 3.83. The Balaban J connectivity index is 2.03. The molecule has 2 aromatic rings. The van der Waals surface area contributed by atoms with Gasteiger partial charge in [0.1, 0.15) is 12.4 Å². The van der Waals surface area contributed by atoms with E-state index in [4.69, 9.17) is 9.57 Å². The first kappa shape index (κ1) is 26.9. The zero-order valence-electron chi connectivity index (χ0n) is 21.6. The third-order valence-electron chi connectivity index (χ3n) is 6.42. The lowest BCUT2D eigenvalue weighted by atomic mass is 9.88. The maximum atomic E-state index is 12.4. The van der Waals surface area contributed by atoms with Gasteiger partial charge in [0.15, 0.2) is 0 Å². The van der Waals surface area contributed by atoms with Gasteiger partial charge in [-0.05, 0) is 78.8 Å². The van der Waals surface area contributed by atoms with E-state index < -0.39 is 6.10 Å². The van der Waals surface area contributed by atoms with Gasteiger partial charge in [0.25, 0.3) is 5.91 Å². The first-order valence-electron chi connectivity index (χ1n) is 11.8. The van der Waals surface area contributed by atoms with Crippen LogP contribution in [0, 0.1) is 19.3 Å². The molecular weight excluding hydrogens is 414 g/mol. The minimum Gasteiger partial charge on any atom is -0.491 e. The van der Waals surface area contributed by atoms with Crippen molar-refractivity contribution in [2.45, 2.75) is 72.8 Å². The highest BCUT2D eigenvalue weighted by Crippen LogP contribution is 2.29. The number of aliphatic hydroxyl groups is 1. The summed E-state index contributed by atoms with van der Waals surface area (Å²) in [6.45, 7) is 12.5. The smallest absolute Gasteiger partial charge is 0.277 e. The monoisotopic (exact) mass is 455 g/mol. The number of ether oxygens (including phenoxy) is 1. The minimum absolute atomic E-state index is 0.137. The van der Waals surface area contributed by atoms with Gasteiger partial charge >= 0.3 is 0 Å². The molecule has 0 aliphatic carbocycles. The number of benzene rings is 2. The van der Waals surface area contributed by atoms with Crippen molar-refractivity contribution in [1.82, 2.24) is 5.06 Å². The molecule has 0 aromatic heterocycles. The van der Waals surface area contributed by atoms with Gasteiger partial charge in [-0.3, -0.25) is 9.63 Å². The number of hydrogen-bond acceptors (Lipinski definition) is 4. The summed E-state index contributed by atoms with van der Waals surface area (Å²) in [7, 11) is 3.11. The number of carbonyl (C=O) groups excluding carboxylic acids is 1. The van der Waals surface area contributed by atoms with Crippen LogP contribution in [0.1, 0.15) is 79.1 Å². The third-order valence-corrected chi connectivity index (χ3v) is 6.42. The molecule has 5 heteroatoms. The molecule has 0 heterocycles. The van der Waals surface area contributed by atoms with E-state index in [-0.39, 0.29) is 11.3 Å². The maximum absolute atomic E-state index is 12.4. The number of nitrogens with zero attached hydrogens (tertiary/aromatic N) is 1. The van der Waals surface area contributed by atoms with Crippen molar-refractivity contribution >= 4 is 5.91 Å². The van der Waals surface area contributed by atoms with Gasteiger partial charge in [-0.25, -0.2) is 5.06 Å². The second kappa shape index (κ2) is 11.7. The summed E-state index contributed by atoms with van der Waals surface area (Å²) in [6.07, 6.45) is 2.53. The van der Waals surface area contributed by atoms with Gasteiger partial charge in [-0.15, -0.1) is 0 Å². The molecule has 182 valence electrons. The normalized spacial score (nSPS) is 13.5. The Morgan fingerprint density at radius 2 is 1.79 bits per heavy atom. The molecule has 1 N–H and O–H groups in total. The van der Waals surface area contributed by atoms with Gasteiger partial charge in [-0.1, -0.05) is 52.0 Å². The highest BCUT2D eigenvalue weighted by atomic mass is 16.7. The Bertz CT molecular complexity index is 932. The van der Waals surface area contributed by atoms with Crippen LogP contribution >= 0.6 is 0 Å². The van der Waals surface area contributed by atoms with E-state index >= 15 is 0 Å². The van der Waals surface area contributed by atoms with Gasteiger partial charge in [-0.2, -0.15) is 0 Å². The minimum atomic E-state index is -0.512. The highest BCUT2D eigenvalue weighted by molar-refractivity contribution is 5.94.